The van der Waals surface area contributed by atoms with Crippen LogP contribution in [0, 0.1) is 12.8 Å². The third kappa shape index (κ3) is 6.29. The molecule has 2 aromatic rings. The van der Waals surface area contributed by atoms with Gasteiger partial charge in [0.05, 0.1) is 17.6 Å². The Labute approximate surface area is 206 Å². The number of nitrogens with one attached hydrogen (secondary N) is 2. The number of carbonyl (C=O) groups is 2. The average Bonchev–Trinajstić information content (AvgIpc) is 3.22. The van der Waals surface area contributed by atoms with Crippen LogP contribution in [0.25, 0.3) is 11.4 Å². The molecule has 2 aromatic heterocycles. The number of carboxylic acid groups (broad SMARTS) is 1. The van der Waals surface area contributed by atoms with E-state index in [0.29, 0.717) is 31.5 Å². The van der Waals surface area contributed by atoms with Crippen molar-refractivity contribution in [1.82, 2.24) is 29.7 Å². The molecule has 1 aliphatic heterocycles. The summed E-state index contributed by atoms with van der Waals surface area (Å²) < 4.78 is 2.18. The number of hydrogen-bond donors (Lipinski definition) is 3. The van der Waals surface area contributed by atoms with Gasteiger partial charge in [0, 0.05) is 43.8 Å². The third-order valence-electron chi connectivity index (χ3n) is 7.20. The zero-order valence-corrected chi connectivity index (χ0v) is 20.9. The fourth-order valence-electron chi connectivity index (χ4n) is 5.31. The van der Waals surface area contributed by atoms with E-state index in [0.717, 1.165) is 55.7 Å². The van der Waals surface area contributed by atoms with Crippen molar-refractivity contribution in [3.63, 3.8) is 0 Å². The van der Waals surface area contributed by atoms with Crippen LogP contribution in [-0.4, -0.2) is 66.7 Å². The highest BCUT2D eigenvalue weighted by Crippen LogP contribution is 2.26. The minimum atomic E-state index is -0.868. The number of imidazole rings is 1. The van der Waals surface area contributed by atoms with E-state index in [-0.39, 0.29) is 23.9 Å². The molecule has 1 saturated heterocycles. The molecular weight excluding hydrogens is 446 g/mol. The summed E-state index contributed by atoms with van der Waals surface area (Å²) in [7, 11) is 0. The number of hydrogen-bond acceptors (Lipinski definition) is 6. The Morgan fingerprint density at radius 3 is 2.43 bits per heavy atom. The van der Waals surface area contributed by atoms with E-state index in [1.807, 2.05) is 19.2 Å². The number of nitrogens with zero attached hydrogens (tertiary/aromatic N) is 5. The first-order valence-corrected chi connectivity index (χ1v) is 12.7. The quantitative estimate of drug-likeness (QED) is 0.546. The summed E-state index contributed by atoms with van der Waals surface area (Å²) in [6, 6.07) is 2.67. The van der Waals surface area contributed by atoms with E-state index in [2.05, 4.69) is 39.0 Å². The van der Waals surface area contributed by atoms with Gasteiger partial charge < -0.3 is 25.2 Å². The number of aromatic nitrogens is 4. The first-order valence-electron chi connectivity index (χ1n) is 12.7. The van der Waals surface area contributed by atoms with E-state index in [1.165, 1.54) is 4.90 Å². The van der Waals surface area contributed by atoms with Gasteiger partial charge in [-0.05, 0) is 71.3 Å². The highest BCUT2D eigenvalue weighted by molar-refractivity contribution is 5.76. The van der Waals surface area contributed by atoms with Crippen molar-refractivity contribution in [1.29, 1.82) is 0 Å². The van der Waals surface area contributed by atoms with Crippen molar-refractivity contribution in [2.24, 2.45) is 5.92 Å². The number of rotatable bonds is 7. The van der Waals surface area contributed by atoms with Crippen LogP contribution in [0.5, 0.6) is 0 Å². The van der Waals surface area contributed by atoms with Crippen molar-refractivity contribution < 1.29 is 14.7 Å². The second kappa shape index (κ2) is 11.0. The molecule has 0 radical (unpaired) electrons. The van der Waals surface area contributed by atoms with Crippen molar-refractivity contribution in [2.75, 3.05) is 18.4 Å². The maximum atomic E-state index is 12.5. The Morgan fingerprint density at radius 2 is 1.77 bits per heavy atom. The fourth-order valence-corrected chi connectivity index (χ4v) is 5.31. The maximum Gasteiger partial charge on any atom is 0.407 e. The number of aryl methyl sites for hydroxylation is 1. The molecule has 0 bridgehead atoms. The van der Waals surface area contributed by atoms with Crippen LogP contribution in [0.15, 0.2) is 18.5 Å². The van der Waals surface area contributed by atoms with Crippen molar-refractivity contribution in [3.8, 4) is 11.4 Å². The van der Waals surface area contributed by atoms with E-state index >= 15 is 0 Å². The zero-order valence-electron chi connectivity index (χ0n) is 20.9. The van der Waals surface area contributed by atoms with E-state index < -0.39 is 6.09 Å². The summed E-state index contributed by atoms with van der Waals surface area (Å²) in [5.41, 5.74) is 1.84. The summed E-state index contributed by atoms with van der Waals surface area (Å²) >= 11 is 0. The SMILES string of the molecule is Cc1ncc(-c2ccnc(N[C@H]3CC[C@H](NC(=O)CC4CCN(C(=O)O)CC4)CC3)n2)n1C(C)C. The molecule has 2 fully saturated rings. The molecule has 10 nitrogen and oxygen atoms in total. The van der Waals surface area contributed by atoms with Gasteiger partial charge in [-0.1, -0.05) is 0 Å². The molecule has 0 aromatic carbocycles. The second-order valence-electron chi connectivity index (χ2n) is 10.1. The Kier molecular flexibility index (Phi) is 7.87. The van der Waals surface area contributed by atoms with Gasteiger partial charge in [-0.15, -0.1) is 0 Å². The highest BCUT2D eigenvalue weighted by Gasteiger charge is 2.27. The third-order valence-corrected chi connectivity index (χ3v) is 7.20. The molecule has 2 amide bonds. The molecule has 4 rings (SSSR count). The molecule has 1 saturated carbocycles. The van der Waals surface area contributed by atoms with Gasteiger partial charge in [0.2, 0.25) is 11.9 Å². The minimum absolute atomic E-state index is 0.0864. The van der Waals surface area contributed by atoms with Crippen molar-refractivity contribution >= 4 is 17.9 Å². The Bertz CT molecular complexity index is 1020. The summed E-state index contributed by atoms with van der Waals surface area (Å²) in [5, 5.41) is 15.7. The summed E-state index contributed by atoms with van der Waals surface area (Å²) in [5.74, 6) is 1.94. The lowest BCUT2D eigenvalue weighted by Crippen LogP contribution is -2.42. The van der Waals surface area contributed by atoms with Gasteiger partial charge >= 0.3 is 6.09 Å². The van der Waals surface area contributed by atoms with Gasteiger partial charge in [0.25, 0.3) is 0 Å². The molecule has 35 heavy (non-hydrogen) atoms. The van der Waals surface area contributed by atoms with Gasteiger partial charge in [-0.2, -0.15) is 0 Å². The average molecular weight is 484 g/mol. The number of anilines is 1. The van der Waals surface area contributed by atoms with Gasteiger partial charge in [-0.3, -0.25) is 4.79 Å². The summed E-state index contributed by atoms with van der Waals surface area (Å²) in [6.45, 7) is 7.32. The van der Waals surface area contributed by atoms with Crippen molar-refractivity contribution in [3.05, 3.63) is 24.3 Å². The standard InChI is InChI=1S/C25H37N7O3/c1-16(2)32-17(3)27-15-22(32)21-8-11-26-24(30-21)29-20-6-4-19(5-7-20)28-23(33)14-18-9-12-31(13-10-18)25(34)35/h8,11,15-16,18-20H,4-7,9-10,12-14H2,1-3H3,(H,28,33)(H,34,35)(H,26,29,30)/t19-,20-. The van der Waals surface area contributed by atoms with E-state index in [4.69, 9.17) is 10.1 Å². The molecule has 3 N–H and O–H groups in total. The van der Waals surface area contributed by atoms with Gasteiger partial charge in [-0.25, -0.2) is 19.7 Å². The summed E-state index contributed by atoms with van der Waals surface area (Å²) in [6.07, 6.45) is 8.50. The largest absolute Gasteiger partial charge is 0.465 e. The molecule has 0 atom stereocenters. The van der Waals surface area contributed by atoms with E-state index in [9.17, 15) is 9.59 Å². The molecular formula is C25H37N7O3. The lowest BCUT2D eigenvalue weighted by atomic mass is 9.90. The van der Waals surface area contributed by atoms with Gasteiger partial charge in [0.1, 0.15) is 5.82 Å². The maximum absolute atomic E-state index is 12.5. The number of amides is 2. The minimum Gasteiger partial charge on any atom is -0.465 e. The Hall–Kier alpha value is -3.17. The van der Waals surface area contributed by atoms with Crippen LogP contribution >= 0.6 is 0 Å². The molecule has 0 spiro atoms. The first kappa shape index (κ1) is 24.9. The van der Waals surface area contributed by atoms with Crippen LogP contribution in [0.4, 0.5) is 10.7 Å². The Morgan fingerprint density at radius 1 is 1.09 bits per heavy atom. The molecule has 190 valence electrons. The molecule has 1 aliphatic carbocycles. The van der Waals surface area contributed by atoms with Crippen molar-refractivity contribution in [2.45, 2.75) is 83.8 Å². The smallest absolute Gasteiger partial charge is 0.407 e. The monoisotopic (exact) mass is 483 g/mol. The molecule has 3 heterocycles. The number of piperidine rings is 1. The zero-order chi connectivity index (χ0) is 24.9. The molecule has 0 unspecified atom stereocenters. The van der Waals surface area contributed by atoms with Crippen LogP contribution in [0.3, 0.4) is 0 Å². The van der Waals surface area contributed by atoms with Crippen LogP contribution < -0.4 is 10.6 Å². The van der Waals surface area contributed by atoms with Gasteiger partial charge in [0.15, 0.2) is 0 Å². The molecule has 2 aliphatic rings. The number of carbonyl (C=O) groups excluding carboxylic acids is 1. The lowest BCUT2D eigenvalue weighted by Gasteiger charge is -2.32. The second-order valence-corrected chi connectivity index (χ2v) is 10.1. The van der Waals surface area contributed by atoms with E-state index in [1.54, 1.807) is 6.20 Å². The van der Waals surface area contributed by atoms with Crippen LogP contribution in [0.1, 0.15) is 70.7 Å². The topological polar surface area (TPSA) is 125 Å². The fraction of sp³-hybridized carbons (Fsp3) is 0.640. The normalized spacial score (nSPS) is 21.2. The first-order chi connectivity index (χ1) is 16.8. The van der Waals surface area contributed by atoms with Crippen LogP contribution in [-0.2, 0) is 4.79 Å². The van der Waals surface area contributed by atoms with Crippen LogP contribution in [0.2, 0.25) is 0 Å². The Balaban J connectivity index is 1.24. The number of likely N-dealkylation sites (tertiary alicyclic amines) is 1. The predicted molar refractivity (Wildman–Crippen MR) is 133 cm³/mol. The summed E-state index contributed by atoms with van der Waals surface area (Å²) in [4.78, 5) is 38.6. The highest BCUT2D eigenvalue weighted by atomic mass is 16.4. The molecule has 10 heteroatoms. The lowest BCUT2D eigenvalue weighted by molar-refractivity contribution is -0.123. The predicted octanol–water partition coefficient (Wildman–Crippen LogP) is 3.85.